The van der Waals surface area contributed by atoms with Crippen molar-refractivity contribution in [3.05, 3.63) is 29.5 Å². The fraction of sp³-hybridized carbons (Fsp3) is 0.348. The van der Waals surface area contributed by atoms with E-state index in [0.29, 0.717) is 10.6 Å². The maximum absolute atomic E-state index is 12.6. The second kappa shape index (κ2) is 10.7. The van der Waals surface area contributed by atoms with Crippen LogP contribution >= 0.6 is 0 Å². The maximum Gasteiger partial charge on any atom is 0.237 e. The Morgan fingerprint density at radius 1 is 1.18 bits per heavy atom. The summed E-state index contributed by atoms with van der Waals surface area (Å²) in [4.78, 5) is 43.8. The number of amides is 3. The topological polar surface area (TPSA) is 153 Å². The summed E-state index contributed by atoms with van der Waals surface area (Å²) in [6, 6.07) is 10.1. The molecular weight excluding hydrogens is 422 g/mol. The first-order valence-electron chi connectivity index (χ1n) is 10.3. The molecule has 0 aliphatic carbocycles. The number of hydrogen-bond donors (Lipinski definition) is 1. The molecule has 1 atom stereocenters. The highest BCUT2D eigenvalue weighted by Crippen LogP contribution is 2.32. The lowest BCUT2D eigenvalue weighted by Crippen LogP contribution is -2.34. The molecule has 0 radical (unpaired) electrons. The fourth-order valence-electron chi connectivity index (χ4n) is 3.43. The molecule has 2 rings (SSSR count). The second-order valence-corrected chi connectivity index (χ2v) is 7.25. The fourth-order valence-corrected chi connectivity index (χ4v) is 3.43. The average molecular weight is 445 g/mol. The molecule has 0 saturated carbocycles. The minimum atomic E-state index is -0.658. The number of nitrogens with one attached hydrogen (secondary N) is 1. The van der Waals surface area contributed by atoms with E-state index in [1.807, 2.05) is 18.7 Å². The Morgan fingerprint density at radius 2 is 1.82 bits per heavy atom. The summed E-state index contributed by atoms with van der Waals surface area (Å²) in [5.41, 5.74) is -0.244. The van der Waals surface area contributed by atoms with Gasteiger partial charge < -0.3 is 10.2 Å². The normalized spacial score (nSPS) is 15.4. The number of allylic oxidation sites excluding steroid dienone is 2. The van der Waals surface area contributed by atoms with E-state index in [0.717, 1.165) is 18.8 Å². The van der Waals surface area contributed by atoms with Crippen LogP contribution in [0.3, 0.4) is 0 Å². The molecule has 168 valence electrons. The van der Waals surface area contributed by atoms with Crippen LogP contribution in [0.5, 0.6) is 0 Å². The SMILES string of the molecule is CCN(CC)c1ccc(N=C(C#N)C(=C(C#N)C#N)N2C(=O)CC(C)C2=O)c(NC(C)=O)c1. The number of imide groups is 1. The third kappa shape index (κ3) is 5.23. The Balaban J connectivity index is 2.74. The van der Waals surface area contributed by atoms with Crippen molar-refractivity contribution < 1.29 is 14.4 Å². The molecule has 33 heavy (non-hydrogen) atoms. The van der Waals surface area contributed by atoms with Gasteiger partial charge in [-0.1, -0.05) is 6.92 Å². The summed E-state index contributed by atoms with van der Waals surface area (Å²) in [5, 5.41) is 31.3. The van der Waals surface area contributed by atoms with Gasteiger partial charge in [0.25, 0.3) is 0 Å². The van der Waals surface area contributed by atoms with Crippen LogP contribution in [0.4, 0.5) is 17.1 Å². The van der Waals surface area contributed by atoms with Crippen molar-refractivity contribution in [2.45, 2.75) is 34.1 Å². The van der Waals surface area contributed by atoms with Gasteiger partial charge in [0.2, 0.25) is 17.7 Å². The first-order chi connectivity index (χ1) is 15.7. The first kappa shape index (κ1) is 24.8. The van der Waals surface area contributed by atoms with Crippen LogP contribution in [-0.4, -0.2) is 41.4 Å². The summed E-state index contributed by atoms with van der Waals surface area (Å²) >= 11 is 0. The standard InChI is InChI=1S/C23H23N7O3/c1-5-29(6-2)17-7-8-18(19(10-17)27-15(4)31)28-20(13-26)22(16(11-24)12-25)30-21(32)9-14(3)23(30)33/h7-8,10,14H,5-6,9H2,1-4H3,(H,27,31). The summed E-state index contributed by atoms with van der Waals surface area (Å²) in [6.07, 6.45) is -0.110. The molecule has 1 aromatic rings. The van der Waals surface area contributed by atoms with E-state index in [-0.39, 0.29) is 18.0 Å². The van der Waals surface area contributed by atoms with Gasteiger partial charge >= 0.3 is 0 Å². The molecule has 10 nitrogen and oxygen atoms in total. The van der Waals surface area contributed by atoms with Crippen molar-refractivity contribution >= 4 is 40.5 Å². The summed E-state index contributed by atoms with van der Waals surface area (Å²) in [6.45, 7) is 8.27. The van der Waals surface area contributed by atoms with Gasteiger partial charge in [0.15, 0.2) is 11.3 Å². The molecule has 0 spiro atoms. The lowest BCUT2D eigenvalue weighted by atomic mass is 10.1. The smallest absolute Gasteiger partial charge is 0.237 e. The quantitative estimate of drug-likeness (QED) is 0.384. The Bertz CT molecular complexity index is 1160. The highest BCUT2D eigenvalue weighted by atomic mass is 16.2. The van der Waals surface area contributed by atoms with Crippen molar-refractivity contribution in [2.75, 3.05) is 23.3 Å². The minimum Gasteiger partial charge on any atom is -0.372 e. The van der Waals surface area contributed by atoms with Crippen molar-refractivity contribution in [1.82, 2.24) is 4.90 Å². The van der Waals surface area contributed by atoms with E-state index in [4.69, 9.17) is 0 Å². The second-order valence-electron chi connectivity index (χ2n) is 7.25. The third-order valence-electron chi connectivity index (χ3n) is 5.04. The van der Waals surface area contributed by atoms with Gasteiger partial charge in [-0.05, 0) is 32.0 Å². The lowest BCUT2D eigenvalue weighted by Gasteiger charge is -2.22. The van der Waals surface area contributed by atoms with Crippen LogP contribution in [0.2, 0.25) is 0 Å². The summed E-state index contributed by atoms with van der Waals surface area (Å²) in [7, 11) is 0. The molecule has 1 fully saturated rings. The number of nitriles is 3. The zero-order valence-corrected chi connectivity index (χ0v) is 18.8. The van der Waals surface area contributed by atoms with Crippen LogP contribution in [-0.2, 0) is 14.4 Å². The van der Waals surface area contributed by atoms with Gasteiger partial charge in [-0.15, -0.1) is 0 Å². The van der Waals surface area contributed by atoms with Gasteiger partial charge in [0.05, 0.1) is 11.4 Å². The number of carbonyl (C=O) groups excluding carboxylic acids is 3. The molecule has 1 aromatic carbocycles. The van der Waals surface area contributed by atoms with Crippen molar-refractivity contribution in [1.29, 1.82) is 15.8 Å². The molecular formula is C23H23N7O3. The number of benzene rings is 1. The molecule has 1 N–H and O–H groups in total. The predicted octanol–water partition coefficient (Wildman–Crippen LogP) is 2.78. The van der Waals surface area contributed by atoms with E-state index in [1.165, 1.54) is 6.92 Å². The van der Waals surface area contributed by atoms with E-state index < -0.39 is 34.7 Å². The van der Waals surface area contributed by atoms with Gasteiger partial charge in [-0.25, -0.2) is 9.89 Å². The third-order valence-corrected chi connectivity index (χ3v) is 5.04. The van der Waals surface area contributed by atoms with Gasteiger partial charge in [-0.2, -0.15) is 15.8 Å². The highest BCUT2D eigenvalue weighted by molar-refractivity contribution is 6.20. The van der Waals surface area contributed by atoms with Crippen LogP contribution < -0.4 is 10.2 Å². The van der Waals surface area contributed by atoms with E-state index in [9.17, 15) is 30.2 Å². The molecule has 1 saturated heterocycles. The Hall–Kier alpha value is -4.49. The maximum atomic E-state index is 12.6. The average Bonchev–Trinajstić information content (AvgIpc) is 3.03. The number of nitrogens with zero attached hydrogens (tertiary/aromatic N) is 6. The van der Waals surface area contributed by atoms with Crippen molar-refractivity contribution in [3.8, 4) is 18.2 Å². The molecule has 1 unspecified atom stereocenters. The molecule has 1 aliphatic heterocycles. The summed E-state index contributed by atoms with van der Waals surface area (Å²) in [5.74, 6) is -2.28. The number of anilines is 2. The van der Waals surface area contributed by atoms with E-state index in [2.05, 4.69) is 10.3 Å². The predicted molar refractivity (Wildman–Crippen MR) is 121 cm³/mol. The summed E-state index contributed by atoms with van der Waals surface area (Å²) < 4.78 is 0. The molecule has 10 heteroatoms. The van der Waals surface area contributed by atoms with Crippen LogP contribution in [0, 0.1) is 39.9 Å². The Morgan fingerprint density at radius 3 is 2.27 bits per heavy atom. The van der Waals surface area contributed by atoms with Gasteiger partial charge in [0.1, 0.15) is 23.9 Å². The molecule has 3 amide bonds. The molecule has 0 bridgehead atoms. The van der Waals surface area contributed by atoms with Crippen molar-refractivity contribution in [2.24, 2.45) is 10.9 Å². The molecule has 0 aromatic heterocycles. The number of hydrogen-bond acceptors (Lipinski definition) is 8. The van der Waals surface area contributed by atoms with E-state index >= 15 is 0 Å². The number of likely N-dealkylation sites (tertiary alicyclic amines) is 1. The molecule has 1 heterocycles. The highest BCUT2D eigenvalue weighted by Gasteiger charge is 2.41. The van der Waals surface area contributed by atoms with Crippen LogP contribution in [0.25, 0.3) is 0 Å². The Kier molecular flexibility index (Phi) is 8.03. The zero-order valence-electron chi connectivity index (χ0n) is 18.8. The monoisotopic (exact) mass is 445 g/mol. The van der Waals surface area contributed by atoms with Crippen molar-refractivity contribution in [3.63, 3.8) is 0 Å². The van der Waals surface area contributed by atoms with E-state index in [1.54, 1.807) is 43.3 Å². The van der Waals surface area contributed by atoms with Crippen LogP contribution in [0.15, 0.2) is 34.5 Å². The Labute approximate surface area is 192 Å². The lowest BCUT2D eigenvalue weighted by molar-refractivity contribution is -0.136. The van der Waals surface area contributed by atoms with Crippen LogP contribution in [0.1, 0.15) is 34.1 Å². The first-order valence-corrected chi connectivity index (χ1v) is 10.3. The van der Waals surface area contributed by atoms with Gasteiger partial charge in [0, 0.05) is 38.0 Å². The molecule has 1 aliphatic rings. The zero-order chi connectivity index (χ0) is 24.7. The minimum absolute atomic E-state index is 0.110. The largest absolute Gasteiger partial charge is 0.372 e. The van der Waals surface area contributed by atoms with Gasteiger partial charge in [-0.3, -0.25) is 14.4 Å². The number of carbonyl (C=O) groups is 3. The number of rotatable bonds is 7. The number of aliphatic imine (C=N–C) groups is 1.